The van der Waals surface area contributed by atoms with E-state index in [1.807, 2.05) is 17.5 Å². The zero-order chi connectivity index (χ0) is 30.3. The smallest absolute Gasteiger partial charge is 0.419 e. The van der Waals surface area contributed by atoms with Crippen LogP contribution in [0.25, 0.3) is 17.3 Å². The first-order valence-corrected chi connectivity index (χ1v) is 14.5. The van der Waals surface area contributed by atoms with Crippen LogP contribution in [-0.2, 0) is 21.8 Å². The number of phenolic OH excluding ortho intramolecular Hbond substituents is 1. The number of carbonyl (C=O) groups is 1. The van der Waals surface area contributed by atoms with Gasteiger partial charge in [-0.05, 0) is 47.9 Å². The third kappa shape index (κ3) is 6.83. The Kier molecular flexibility index (Phi) is 8.42. The summed E-state index contributed by atoms with van der Waals surface area (Å²) in [5.74, 6) is -1.26. The molecule has 0 unspecified atom stereocenters. The summed E-state index contributed by atoms with van der Waals surface area (Å²) in [5.41, 5.74) is 1.42. The van der Waals surface area contributed by atoms with E-state index in [1.54, 1.807) is 16.2 Å². The molecular weight excluding hydrogens is 552 g/mol. The van der Waals surface area contributed by atoms with Crippen molar-refractivity contribution in [3.8, 4) is 17.0 Å². The standard InChI is InChI=1S/C32H36F4N2O2S/c1-30(2,3)23-16-21(17-24(28(23)40)31(4,5)6)25-18-41-29(37-25)20-12-14-38(15-13-20)26(39)11-10-19-8-7-9-22(27(19)33)32(34,35)36/h7-11,16-18,20,40H,12-15H2,1-6H3/b11-10+. The van der Waals surface area contributed by atoms with Gasteiger partial charge >= 0.3 is 6.18 Å². The van der Waals surface area contributed by atoms with Crippen LogP contribution in [-0.4, -0.2) is 34.0 Å². The molecule has 4 rings (SSSR count). The lowest BCUT2D eigenvalue weighted by molar-refractivity contribution is -0.140. The highest BCUT2D eigenvalue weighted by Gasteiger charge is 2.34. The van der Waals surface area contributed by atoms with Crippen molar-refractivity contribution in [2.24, 2.45) is 0 Å². The van der Waals surface area contributed by atoms with Gasteiger partial charge < -0.3 is 10.0 Å². The Morgan fingerprint density at radius 2 is 1.59 bits per heavy atom. The number of rotatable bonds is 4. The number of hydrogen-bond acceptors (Lipinski definition) is 4. The Hall–Kier alpha value is -3.20. The Morgan fingerprint density at radius 1 is 1.00 bits per heavy atom. The van der Waals surface area contributed by atoms with Gasteiger partial charge in [-0.1, -0.05) is 53.7 Å². The summed E-state index contributed by atoms with van der Waals surface area (Å²) in [4.78, 5) is 19.3. The SMILES string of the molecule is CC(C)(C)c1cc(-c2csc(C3CCN(C(=O)/C=C/c4cccc(C(F)(F)F)c4F)CC3)n2)cc(C(C)(C)C)c1O. The highest BCUT2D eigenvalue weighted by molar-refractivity contribution is 7.10. The zero-order valence-electron chi connectivity index (χ0n) is 24.2. The van der Waals surface area contributed by atoms with Crippen LogP contribution in [0.4, 0.5) is 17.6 Å². The molecule has 1 aliphatic heterocycles. The number of halogens is 4. The van der Waals surface area contributed by atoms with Crippen molar-refractivity contribution in [2.45, 2.75) is 77.3 Å². The number of benzene rings is 2. The van der Waals surface area contributed by atoms with Crippen molar-refractivity contribution < 1.29 is 27.5 Å². The van der Waals surface area contributed by atoms with Gasteiger partial charge in [-0.25, -0.2) is 9.37 Å². The largest absolute Gasteiger partial charge is 0.507 e. The van der Waals surface area contributed by atoms with Crippen LogP contribution in [0.2, 0.25) is 0 Å². The van der Waals surface area contributed by atoms with Crippen LogP contribution in [0.5, 0.6) is 5.75 Å². The van der Waals surface area contributed by atoms with Crippen molar-refractivity contribution in [1.29, 1.82) is 0 Å². The number of piperidine rings is 1. The van der Waals surface area contributed by atoms with Gasteiger partial charge in [0.25, 0.3) is 0 Å². The van der Waals surface area contributed by atoms with Crippen molar-refractivity contribution >= 4 is 23.3 Å². The molecule has 9 heteroatoms. The lowest BCUT2D eigenvalue weighted by Gasteiger charge is -2.30. The fourth-order valence-electron chi connectivity index (χ4n) is 5.04. The van der Waals surface area contributed by atoms with Gasteiger partial charge in [0.1, 0.15) is 11.6 Å². The lowest BCUT2D eigenvalue weighted by atomic mass is 9.78. The number of nitrogens with zero attached hydrogens (tertiary/aromatic N) is 2. The van der Waals surface area contributed by atoms with E-state index < -0.39 is 17.6 Å². The van der Waals surface area contributed by atoms with Gasteiger partial charge in [-0.3, -0.25) is 4.79 Å². The summed E-state index contributed by atoms with van der Waals surface area (Å²) >= 11 is 1.58. The zero-order valence-corrected chi connectivity index (χ0v) is 25.0. The highest BCUT2D eigenvalue weighted by Crippen LogP contribution is 2.43. The summed E-state index contributed by atoms with van der Waals surface area (Å²) < 4.78 is 53.2. The Bertz CT molecular complexity index is 1420. The number of aromatic nitrogens is 1. The van der Waals surface area contributed by atoms with E-state index in [0.717, 1.165) is 45.6 Å². The average Bonchev–Trinajstić information content (AvgIpc) is 3.36. The molecule has 0 atom stereocenters. The number of alkyl halides is 3. The molecule has 220 valence electrons. The Balaban J connectivity index is 1.46. The van der Waals surface area contributed by atoms with E-state index in [2.05, 4.69) is 41.5 Å². The maximum atomic E-state index is 14.3. The summed E-state index contributed by atoms with van der Waals surface area (Å²) in [5, 5.41) is 14.1. The van der Waals surface area contributed by atoms with Gasteiger partial charge in [0.2, 0.25) is 5.91 Å². The number of likely N-dealkylation sites (tertiary alicyclic amines) is 1. The number of thiazole rings is 1. The summed E-state index contributed by atoms with van der Waals surface area (Å²) in [7, 11) is 0. The number of aromatic hydroxyl groups is 1. The quantitative estimate of drug-likeness (QED) is 0.245. The highest BCUT2D eigenvalue weighted by atomic mass is 32.1. The maximum absolute atomic E-state index is 14.3. The minimum absolute atomic E-state index is 0.170. The maximum Gasteiger partial charge on any atom is 0.419 e. The van der Waals surface area contributed by atoms with Crippen LogP contribution in [0.15, 0.2) is 41.8 Å². The second kappa shape index (κ2) is 11.2. The van der Waals surface area contributed by atoms with Gasteiger partial charge in [-0.15, -0.1) is 11.3 Å². The van der Waals surface area contributed by atoms with Crippen molar-refractivity contribution in [2.75, 3.05) is 13.1 Å². The van der Waals surface area contributed by atoms with Crippen molar-refractivity contribution in [3.63, 3.8) is 0 Å². The molecule has 4 nitrogen and oxygen atoms in total. The molecule has 41 heavy (non-hydrogen) atoms. The molecule has 1 N–H and O–H groups in total. The normalized spacial score (nSPS) is 15.6. The van der Waals surface area contributed by atoms with E-state index >= 15 is 0 Å². The molecule has 3 aromatic rings. The van der Waals surface area contributed by atoms with Crippen LogP contribution in [0.1, 0.15) is 87.6 Å². The van der Waals surface area contributed by atoms with Crippen LogP contribution < -0.4 is 0 Å². The second-order valence-corrected chi connectivity index (χ2v) is 13.5. The first kappa shape index (κ1) is 30.8. The third-order valence-corrected chi connectivity index (χ3v) is 8.45. The predicted octanol–water partition coefficient (Wildman–Crippen LogP) is 8.69. The van der Waals surface area contributed by atoms with E-state index in [4.69, 9.17) is 4.98 Å². The van der Waals surface area contributed by atoms with Gasteiger partial charge in [0, 0.05) is 52.7 Å². The molecule has 0 spiro atoms. The molecule has 1 saturated heterocycles. The molecular formula is C32H36F4N2O2S. The Morgan fingerprint density at radius 3 is 2.12 bits per heavy atom. The number of amides is 1. The van der Waals surface area contributed by atoms with E-state index in [1.165, 1.54) is 6.07 Å². The van der Waals surface area contributed by atoms with Crippen molar-refractivity contribution in [3.05, 3.63) is 74.9 Å². The van der Waals surface area contributed by atoms with Gasteiger partial charge in [0.05, 0.1) is 16.3 Å². The summed E-state index contributed by atoms with van der Waals surface area (Å²) in [6, 6.07) is 7.05. The first-order chi connectivity index (χ1) is 19.0. The summed E-state index contributed by atoms with van der Waals surface area (Å²) in [6.07, 6.45) is -1.19. The van der Waals surface area contributed by atoms with Crippen molar-refractivity contribution in [1.82, 2.24) is 9.88 Å². The molecule has 1 fully saturated rings. The predicted molar refractivity (Wildman–Crippen MR) is 156 cm³/mol. The molecule has 0 aliphatic carbocycles. The van der Waals surface area contributed by atoms with E-state index in [-0.39, 0.29) is 28.2 Å². The molecule has 1 amide bonds. The fourth-order valence-corrected chi connectivity index (χ4v) is 6.04. The molecule has 0 saturated carbocycles. The minimum Gasteiger partial charge on any atom is -0.507 e. The number of phenols is 1. The summed E-state index contributed by atoms with van der Waals surface area (Å²) in [6.45, 7) is 13.4. The van der Waals surface area contributed by atoms with Crippen LogP contribution in [0, 0.1) is 5.82 Å². The fraction of sp³-hybridized carbons (Fsp3) is 0.438. The number of hydrogen-bond donors (Lipinski definition) is 1. The van der Waals surface area contributed by atoms with Crippen LogP contribution >= 0.6 is 11.3 Å². The van der Waals surface area contributed by atoms with E-state index in [0.29, 0.717) is 37.7 Å². The Labute approximate surface area is 242 Å². The molecule has 0 bridgehead atoms. The minimum atomic E-state index is -4.80. The second-order valence-electron chi connectivity index (χ2n) is 12.6. The molecule has 2 heterocycles. The molecule has 1 aliphatic rings. The monoisotopic (exact) mass is 588 g/mol. The first-order valence-electron chi connectivity index (χ1n) is 13.6. The average molecular weight is 589 g/mol. The third-order valence-electron chi connectivity index (χ3n) is 7.44. The van der Waals surface area contributed by atoms with E-state index in [9.17, 15) is 27.5 Å². The van der Waals surface area contributed by atoms with Gasteiger partial charge in [0.15, 0.2) is 0 Å². The topological polar surface area (TPSA) is 53.4 Å². The van der Waals surface area contributed by atoms with Gasteiger partial charge in [-0.2, -0.15) is 13.2 Å². The van der Waals surface area contributed by atoms with Crippen LogP contribution in [0.3, 0.4) is 0 Å². The molecule has 2 aromatic carbocycles. The lowest BCUT2D eigenvalue weighted by Crippen LogP contribution is -2.36. The number of carbonyl (C=O) groups excluding carboxylic acids is 1. The molecule has 1 aromatic heterocycles. The molecule has 0 radical (unpaired) electrons.